The number of hydrogen-bond acceptors (Lipinski definition) is 4. The molecule has 5 heteroatoms. The van der Waals surface area contributed by atoms with E-state index in [2.05, 4.69) is 26.9 Å². The van der Waals surface area contributed by atoms with Crippen molar-refractivity contribution < 1.29 is 4.79 Å². The molecule has 2 aliphatic rings. The number of nitrogens with zero attached hydrogens (tertiary/aromatic N) is 2. The molecule has 2 saturated heterocycles. The lowest BCUT2D eigenvalue weighted by Gasteiger charge is -2.42. The van der Waals surface area contributed by atoms with Crippen molar-refractivity contribution in [3.05, 3.63) is 35.9 Å². The van der Waals surface area contributed by atoms with Crippen LogP contribution in [0.2, 0.25) is 0 Å². The van der Waals surface area contributed by atoms with Gasteiger partial charge in [0.05, 0.1) is 6.04 Å². The molecule has 0 aliphatic carbocycles. The molecule has 2 heterocycles. The molecule has 1 N–H and O–H groups in total. The van der Waals surface area contributed by atoms with Crippen LogP contribution < -0.4 is 5.32 Å². The van der Waals surface area contributed by atoms with Crippen LogP contribution in [0.3, 0.4) is 0 Å². The Hall–Kier alpha value is -1.04. The van der Waals surface area contributed by atoms with E-state index in [0.717, 1.165) is 37.8 Å². The number of nitrogens with one attached hydrogen (secondary N) is 1. The molecule has 3 rings (SSSR count). The predicted molar refractivity (Wildman–Crippen MR) is 101 cm³/mol. The summed E-state index contributed by atoms with van der Waals surface area (Å²) in [5, 5.41) is 3.07. The Bertz CT molecular complexity index is 511. The van der Waals surface area contributed by atoms with Gasteiger partial charge in [0, 0.05) is 38.8 Å². The monoisotopic (exact) mass is 347 g/mol. The number of piperazine rings is 1. The summed E-state index contributed by atoms with van der Waals surface area (Å²) in [6.07, 6.45) is 2.66. The maximum Gasteiger partial charge on any atom is 0.237 e. The summed E-state index contributed by atoms with van der Waals surface area (Å²) in [5.74, 6) is 2.76. The Morgan fingerprint density at radius 2 is 1.83 bits per heavy atom. The van der Waals surface area contributed by atoms with Crippen LogP contribution in [0.4, 0.5) is 0 Å². The molecule has 24 heavy (non-hydrogen) atoms. The second-order valence-corrected chi connectivity index (χ2v) is 8.02. The summed E-state index contributed by atoms with van der Waals surface area (Å²) >= 11 is 2.09. The number of rotatable bonds is 5. The Labute approximate surface area is 150 Å². The second kappa shape index (κ2) is 8.88. The van der Waals surface area contributed by atoms with Crippen molar-refractivity contribution in [2.45, 2.75) is 38.4 Å². The lowest BCUT2D eigenvalue weighted by Crippen LogP contribution is -2.56. The number of thioether (sulfide) groups is 1. The molecule has 4 nitrogen and oxygen atoms in total. The van der Waals surface area contributed by atoms with Gasteiger partial charge in [0.25, 0.3) is 0 Å². The first-order valence-corrected chi connectivity index (χ1v) is 10.3. The predicted octanol–water partition coefficient (Wildman–Crippen LogP) is 2.20. The minimum atomic E-state index is -0.0437. The molecule has 0 aromatic heterocycles. The van der Waals surface area contributed by atoms with E-state index >= 15 is 0 Å². The van der Waals surface area contributed by atoms with Gasteiger partial charge < -0.3 is 5.32 Å². The molecular formula is C19H29N3OS. The standard InChI is InChI=1S/C19H29N3OS/c1-16(19(23)20-15-17-5-3-2-4-6-17)21-9-11-22(12-10-21)18-7-13-24-14-8-18/h2-6,16,18H,7-15H2,1H3,(H,20,23). The molecule has 0 bridgehead atoms. The van der Waals surface area contributed by atoms with Crippen molar-refractivity contribution in [3.8, 4) is 0 Å². The maximum atomic E-state index is 12.4. The van der Waals surface area contributed by atoms with Gasteiger partial charge in [-0.05, 0) is 36.8 Å². The first-order chi connectivity index (χ1) is 11.7. The third kappa shape index (κ3) is 4.74. The fourth-order valence-corrected chi connectivity index (χ4v) is 4.72. The van der Waals surface area contributed by atoms with E-state index in [1.54, 1.807) is 0 Å². The van der Waals surface area contributed by atoms with Crippen molar-refractivity contribution in [3.63, 3.8) is 0 Å². The molecule has 0 radical (unpaired) electrons. The fourth-order valence-electron chi connectivity index (χ4n) is 3.64. The van der Waals surface area contributed by atoms with Gasteiger partial charge in [-0.3, -0.25) is 14.6 Å². The SMILES string of the molecule is CC(C(=O)NCc1ccccc1)N1CCN(C2CCSCC2)CC1. The van der Waals surface area contributed by atoms with Crippen molar-refractivity contribution in [1.82, 2.24) is 15.1 Å². The zero-order chi connectivity index (χ0) is 16.8. The average molecular weight is 348 g/mol. The molecule has 1 atom stereocenters. The summed E-state index contributed by atoms with van der Waals surface area (Å²) in [6, 6.07) is 10.8. The van der Waals surface area contributed by atoms with Gasteiger partial charge >= 0.3 is 0 Å². The van der Waals surface area contributed by atoms with Crippen molar-refractivity contribution in [2.24, 2.45) is 0 Å². The molecule has 0 saturated carbocycles. The van der Waals surface area contributed by atoms with Crippen LogP contribution in [0.25, 0.3) is 0 Å². The number of carbonyl (C=O) groups excluding carboxylic acids is 1. The van der Waals surface area contributed by atoms with Crippen LogP contribution >= 0.6 is 11.8 Å². The van der Waals surface area contributed by atoms with E-state index in [-0.39, 0.29) is 11.9 Å². The molecule has 2 fully saturated rings. The zero-order valence-electron chi connectivity index (χ0n) is 14.6. The van der Waals surface area contributed by atoms with Gasteiger partial charge in [-0.25, -0.2) is 0 Å². The molecule has 1 amide bonds. The summed E-state index contributed by atoms with van der Waals surface area (Å²) < 4.78 is 0. The highest BCUT2D eigenvalue weighted by Gasteiger charge is 2.29. The average Bonchev–Trinajstić information content (AvgIpc) is 2.67. The third-order valence-electron chi connectivity index (χ3n) is 5.29. The highest BCUT2D eigenvalue weighted by atomic mass is 32.2. The minimum absolute atomic E-state index is 0.0437. The van der Waals surface area contributed by atoms with E-state index in [1.165, 1.54) is 24.3 Å². The van der Waals surface area contributed by atoms with Gasteiger partial charge in [0.15, 0.2) is 0 Å². The van der Waals surface area contributed by atoms with E-state index < -0.39 is 0 Å². The fraction of sp³-hybridized carbons (Fsp3) is 0.632. The van der Waals surface area contributed by atoms with Crippen LogP contribution in [0, 0.1) is 0 Å². The first kappa shape index (κ1) is 17.8. The van der Waals surface area contributed by atoms with Gasteiger partial charge in [-0.1, -0.05) is 30.3 Å². The van der Waals surface area contributed by atoms with Crippen LogP contribution in [0.15, 0.2) is 30.3 Å². The quantitative estimate of drug-likeness (QED) is 0.886. The van der Waals surface area contributed by atoms with Crippen molar-refractivity contribution >= 4 is 17.7 Å². The second-order valence-electron chi connectivity index (χ2n) is 6.79. The van der Waals surface area contributed by atoms with Crippen LogP contribution in [0.1, 0.15) is 25.3 Å². The van der Waals surface area contributed by atoms with Crippen molar-refractivity contribution in [2.75, 3.05) is 37.7 Å². The number of benzene rings is 1. The van der Waals surface area contributed by atoms with Gasteiger partial charge in [-0.2, -0.15) is 11.8 Å². The van der Waals surface area contributed by atoms with Crippen LogP contribution in [0.5, 0.6) is 0 Å². The zero-order valence-corrected chi connectivity index (χ0v) is 15.4. The van der Waals surface area contributed by atoms with E-state index in [0.29, 0.717) is 6.54 Å². The van der Waals surface area contributed by atoms with Crippen LogP contribution in [-0.4, -0.2) is 65.5 Å². The number of amides is 1. The Morgan fingerprint density at radius 3 is 2.50 bits per heavy atom. The lowest BCUT2D eigenvalue weighted by molar-refractivity contribution is -0.126. The molecular weight excluding hydrogens is 318 g/mol. The first-order valence-electron chi connectivity index (χ1n) is 9.11. The van der Waals surface area contributed by atoms with Gasteiger partial charge in [0.2, 0.25) is 5.91 Å². The molecule has 0 spiro atoms. The maximum absolute atomic E-state index is 12.4. The highest BCUT2D eigenvalue weighted by Crippen LogP contribution is 2.23. The highest BCUT2D eigenvalue weighted by molar-refractivity contribution is 7.99. The molecule has 132 valence electrons. The van der Waals surface area contributed by atoms with E-state index in [9.17, 15) is 4.79 Å². The topological polar surface area (TPSA) is 35.6 Å². The molecule has 1 aromatic carbocycles. The summed E-state index contributed by atoms with van der Waals surface area (Å²) in [6.45, 7) is 6.86. The van der Waals surface area contributed by atoms with Gasteiger partial charge in [-0.15, -0.1) is 0 Å². The van der Waals surface area contributed by atoms with E-state index in [4.69, 9.17) is 0 Å². The van der Waals surface area contributed by atoms with Crippen LogP contribution in [-0.2, 0) is 11.3 Å². The van der Waals surface area contributed by atoms with E-state index in [1.807, 2.05) is 37.3 Å². The van der Waals surface area contributed by atoms with Gasteiger partial charge in [0.1, 0.15) is 0 Å². The smallest absolute Gasteiger partial charge is 0.237 e. The molecule has 2 aliphatic heterocycles. The molecule has 1 unspecified atom stereocenters. The third-order valence-corrected chi connectivity index (χ3v) is 6.34. The largest absolute Gasteiger partial charge is 0.351 e. The Morgan fingerprint density at radius 1 is 1.17 bits per heavy atom. The normalized spacial score (nSPS) is 22.2. The Kier molecular flexibility index (Phi) is 6.58. The number of hydrogen-bond donors (Lipinski definition) is 1. The molecule has 1 aromatic rings. The summed E-state index contributed by atoms with van der Waals surface area (Å²) in [5.41, 5.74) is 1.15. The van der Waals surface area contributed by atoms with Crippen molar-refractivity contribution in [1.29, 1.82) is 0 Å². The lowest BCUT2D eigenvalue weighted by atomic mass is 10.1. The Balaban J connectivity index is 1.42. The minimum Gasteiger partial charge on any atom is -0.351 e. The summed E-state index contributed by atoms with van der Waals surface area (Å²) in [4.78, 5) is 17.4. The number of carbonyl (C=O) groups is 1. The summed E-state index contributed by atoms with van der Waals surface area (Å²) in [7, 11) is 0.